The van der Waals surface area contributed by atoms with Crippen molar-refractivity contribution in [2.75, 3.05) is 0 Å². The first-order valence-corrected chi connectivity index (χ1v) is 10.3. The summed E-state index contributed by atoms with van der Waals surface area (Å²) < 4.78 is 0. The predicted octanol–water partition coefficient (Wildman–Crippen LogP) is 7.57. The Balaban J connectivity index is 1.98. The molecule has 0 heterocycles. The van der Waals surface area contributed by atoms with Crippen LogP contribution in [0.25, 0.3) is 0 Å². The lowest BCUT2D eigenvalue weighted by Gasteiger charge is -2.30. The van der Waals surface area contributed by atoms with Crippen LogP contribution in [0.5, 0.6) is 0 Å². The molecule has 0 spiro atoms. The number of rotatable bonds is 4. The maximum Gasteiger partial charge on any atom is 0.0146 e. The highest BCUT2D eigenvalue weighted by Gasteiger charge is 2.27. The summed E-state index contributed by atoms with van der Waals surface area (Å²) in [6.07, 6.45) is 0. The van der Waals surface area contributed by atoms with Crippen LogP contribution in [0.4, 0.5) is 0 Å². The van der Waals surface area contributed by atoms with Gasteiger partial charge in [-0.15, -0.1) is 0 Å². The summed E-state index contributed by atoms with van der Waals surface area (Å²) in [4.78, 5) is 0. The number of hydrogen-bond acceptors (Lipinski definition) is 0. The molecule has 0 amide bonds. The van der Waals surface area contributed by atoms with Gasteiger partial charge in [0.1, 0.15) is 0 Å². The zero-order valence-corrected chi connectivity index (χ0v) is 18.8. The van der Waals surface area contributed by atoms with Crippen molar-refractivity contribution < 1.29 is 0 Å². The minimum absolute atomic E-state index is 0.0145. The first kappa shape index (κ1) is 20.4. The molecule has 0 aliphatic carbocycles. The van der Waals surface area contributed by atoms with E-state index < -0.39 is 0 Å². The van der Waals surface area contributed by atoms with E-state index >= 15 is 0 Å². The topological polar surface area (TPSA) is 0 Å². The van der Waals surface area contributed by atoms with Gasteiger partial charge in [-0.3, -0.25) is 0 Å². The van der Waals surface area contributed by atoms with Crippen LogP contribution >= 0.6 is 0 Å². The summed E-state index contributed by atoms with van der Waals surface area (Å²) in [5.41, 5.74) is 10.8. The van der Waals surface area contributed by atoms with Crippen molar-refractivity contribution in [3.05, 3.63) is 105 Å². The highest BCUT2D eigenvalue weighted by atomic mass is 14.3. The fraction of sp³-hybridized carbons (Fsp3) is 0.357. The van der Waals surface area contributed by atoms with Crippen LogP contribution in [-0.2, 0) is 10.8 Å². The van der Waals surface area contributed by atoms with E-state index in [1.54, 1.807) is 0 Å². The number of benzene rings is 3. The third-order valence-electron chi connectivity index (χ3n) is 6.22. The minimum Gasteiger partial charge on any atom is -0.0579 e. The first-order chi connectivity index (χ1) is 13.0. The maximum atomic E-state index is 2.32. The van der Waals surface area contributed by atoms with Gasteiger partial charge < -0.3 is 0 Å². The van der Waals surface area contributed by atoms with E-state index in [1.165, 1.54) is 44.5 Å². The van der Waals surface area contributed by atoms with Crippen molar-refractivity contribution in [2.24, 2.45) is 0 Å². The van der Waals surface area contributed by atoms with E-state index in [0.29, 0.717) is 0 Å². The molecule has 0 aliphatic heterocycles. The van der Waals surface area contributed by atoms with E-state index in [0.717, 1.165) is 0 Å². The number of aryl methyl sites for hydroxylation is 4. The second kappa shape index (κ2) is 7.24. The van der Waals surface area contributed by atoms with Crippen LogP contribution in [0.2, 0.25) is 0 Å². The van der Waals surface area contributed by atoms with Crippen LogP contribution in [0.3, 0.4) is 0 Å². The molecule has 0 nitrogen and oxygen atoms in total. The van der Waals surface area contributed by atoms with Gasteiger partial charge in [0.15, 0.2) is 0 Å². The van der Waals surface area contributed by atoms with E-state index in [1.807, 2.05) is 0 Å². The lowest BCUT2D eigenvalue weighted by Crippen LogP contribution is -2.22. The van der Waals surface area contributed by atoms with Gasteiger partial charge in [-0.1, -0.05) is 111 Å². The second-order valence-corrected chi connectivity index (χ2v) is 9.58. The molecule has 3 rings (SSSR count). The Kier molecular flexibility index (Phi) is 5.28. The van der Waals surface area contributed by atoms with Crippen molar-refractivity contribution >= 4 is 0 Å². The molecule has 0 bridgehead atoms. The summed E-state index contributed by atoms with van der Waals surface area (Å²) in [6.45, 7) is 18.0. The normalized spacial score (nSPS) is 12.3. The summed E-state index contributed by atoms with van der Waals surface area (Å²) in [5, 5.41) is 0. The van der Waals surface area contributed by atoms with Crippen LogP contribution in [0.1, 0.15) is 72.2 Å². The Morgan fingerprint density at radius 1 is 0.393 bits per heavy atom. The standard InChI is InChI=1S/C28H34/c1-19-13-20(2)16-25(15-19)27(5,6)23-9-11-24(12-10-23)28(7,8)26-17-21(3)14-22(4)18-26/h9-18H,1-8H3. The highest BCUT2D eigenvalue weighted by Crippen LogP contribution is 2.36. The van der Waals surface area contributed by atoms with E-state index in [9.17, 15) is 0 Å². The molecular weight excluding hydrogens is 336 g/mol. The Bertz CT molecular complexity index is 862. The molecule has 0 aromatic heterocycles. The van der Waals surface area contributed by atoms with Crippen molar-refractivity contribution in [3.8, 4) is 0 Å². The zero-order valence-electron chi connectivity index (χ0n) is 18.8. The molecule has 0 heteroatoms. The molecule has 0 atom stereocenters. The third kappa shape index (κ3) is 3.92. The highest BCUT2D eigenvalue weighted by molar-refractivity contribution is 5.46. The second-order valence-electron chi connectivity index (χ2n) is 9.58. The monoisotopic (exact) mass is 370 g/mol. The number of hydrogen-bond donors (Lipinski definition) is 0. The average molecular weight is 371 g/mol. The van der Waals surface area contributed by atoms with Gasteiger partial charge in [-0.05, 0) is 49.9 Å². The van der Waals surface area contributed by atoms with Gasteiger partial charge in [0.2, 0.25) is 0 Å². The smallest absolute Gasteiger partial charge is 0.0146 e. The van der Waals surface area contributed by atoms with Crippen LogP contribution < -0.4 is 0 Å². The zero-order chi connectivity index (χ0) is 20.7. The van der Waals surface area contributed by atoms with Gasteiger partial charge in [0.25, 0.3) is 0 Å². The van der Waals surface area contributed by atoms with Gasteiger partial charge in [-0.25, -0.2) is 0 Å². The summed E-state index contributed by atoms with van der Waals surface area (Å²) in [6, 6.07) is 23.0. The Labute approximate surface area is 171 Å². The Morgan fingerprint density at radius 2 is 0.643 bits per heavy atom. The maximum absolute atomic E-state index is 2.32. The third-order valence-corrected chi connectivity index (χ3v) is 6.22. The van der Waals surface area contributed by atoms with Gasteiger partial charge in [-0.2, -0.15) is 0 Å². The summed E-state index contributed by atoms with van der Waals surface area (Å²) in [7, 11) is 0. The lowest BCUT2D eigenvalue weighted by atomic mass is 9.74. The minimum atomic E-state index is -0.0145. The first-order valence-electron chi connectivity index (χ1n) is 10.3. The molecule has 28 heavy (non-hydrogen) atoms. The SMILES string of the molecule is Cc1cc(C)cc(C(C)(C)c2ccc(C(C)(C)c3cc(C)cc(C)c3)cc2)c1. The van der Waals surface area contributed by atoms with E-state index in [2.05, 4.69) is 116 Å². The van der Waals surface area contributed by atoms with Crippen LogP contribution in [-0.4, -0.2) is 0 Å². The summed E-state index contributed by atoms with van der Waals surface area (Å²) >= 11 is 0. The Morgan fingerprint density at radius 3 is 0.893 bits per heavy atom. The predicted molar refractivity (Wildman–Crippen MR) is 123 cm³/mol. The molecule has 0 fully saturated rings. The Hall–Kier alpha value is -2.34. The molecule has 146 valence electrons. The average Bonchev–Trinajstić information content (AvgIpc) is 2.60. The lowest BCUT2D eigenvalue weighted by molar-refractivity contribution is 0.625. The molecule has 0 saturated carbocycles. The van der Waals surface area contributed by atoms with Gasteiger partial charge in [0, 0.05) is 10.8 Å². The van der Waals surface area contributed by atoms with Gasteiger partial charge in [0.05, 0.1) is 0 Å². The quantitative estimate of drug-likeness (QED) is 0.444. The molecule has 0 N–H and O–H groups in total. The van der Waals surface area contributed by atoms with E-state index in [-0.39, 0.29) is 10.8 Å². The largest absolute Gasteiger partial charge is 0.0579 e. The van der Waals surface area contributed by atoms with Crippen molar-refractivity contribution in [1.29, 1.82) is 0 Å². The van der Waals surface area contributed by atoms with Crippen molar-refractivity contribution in [2.45, 2.75) is 66.2 Å². The van der Waals surface area contributed by atoms with Crippen LogP contribution in [0.15, 0.2) is 60.7 Å². The molecular formula is C28H34. The van der Waals surface area contributed by atoms with E-state index in [4.69, 9.17) is 0 Å². The van der Waals surface area contributed by atoms with Crippen molar-refractivity contribution in [1.82, 2.24) is 0 Å². The molecule has 0 saturated heterocycles. The molecule has 3 aromatic rings. The molecule has 0 radical (unpaired) electrons. The molecule has 3 aromatic carbocycles. The van der Waals surface area contributed by atoms with Crippen LogP contribution in [0, 0.1) is 27.7 Å². The fourth-order valence-electron chi connectivity index (χ4n) is 4.31. The summed E-state index contributed by atoms with van der Waals surface area (Å²) in [5.74, 6) is 0. The fourth-order valence-corrected chi connectivity index (χ4v) is 4.31. The molecule has 0 unspecified atom stereocenters. The van der Waals surface area contributed by atoms with Gasteiger partial charge >= 0.3 is 0 Å². The van der Waals surface area contributed by atoms with Crippen molar-refractivity contribution in [3.63, 3.8) is 0 Å². The molecule has 0 aliphatic rings.